The van der Waals surface area contributed by atoms with Crippen molar-refractivity contribution in [2.45, 2.75) is 72.9 Å². The molecule has 0 saturated heterocycles. The highest BCUT2D eigenvalue weighted by Crippen LogP contribution is 2.22. The molecule has 0 atom stereocenters. The van der Waals surface area contributed by atoms with Gasteiger partial charge in [0.2, 0.25) is 5.89 Å². The summed E-state index contributed by atoms with van der Waals surface area (Å²) in [4.78, 5) is 9.12. The lowest BCUT2D eigenvalue weighted by Crippen LogP contribution is -2.36. The van der Waals surface area contributed by atoms with Crippen LogP contribution < -0.4 is 10.6 Å². The second-order valence-electron chi connectivity index (χ2n) is 7.62. The fourth-order valence-electron chi connectivity index (χ4n) is 2.97. The van der Waals surface area contributed by atoms with Crippen molar-refractivity contribution >= 4 is 5.96 Å². The molecule has 0 aliphatic carbocycles. The lowest BCUT2D eigenvalue weighted by Gasteiger charge is -2.13. The molecule has 2 N–H and O–H groups in total. The first-order valence-corrected chi connectivity index (χ1v) is 9.81. The van der Waals surface area contributed by atoms with Crippen LogP contribution in [0.5, 0.6) is 0 Å². The molecule has 0 bridgehead atoms. The Balaban J connectivity index is 2.10. The Hall–Kier alpha value is -2.31. The van der Waals surface area contributed by atoms with E-state index in [4.69, 9.17) is 9.41 Å². The van der Waals surface area contributed by atoms with Gasteiger partial charge < -0.3 is 15.1 Å². The largest absolute Gasteiger partial charge is 0.443 e. The molecule has 0 unspecified atom stereocenters. The van der Waals surface area contributed by atoms with Gasteiger partial charge in [-0.2, -0.15) is 5.10 Å². The minimum atomic E-state index is -0.0444. The smallest absolute Gasteiger partial charge is 0.213 e. The standard InChI is InChI=1S/C20H34N6O/c1-8-15-14(16(9-2)26(7)25-15)11-23-19(21-10-3)24-13-18-22-12-17(27-18)20(4,5)6/h12H,8-11,13H2,1-7H3,(H2,21,23,24). The monoisotopic (exact) mass is 374 g/mol. The second kappa shape index (κ2) is 9.06. The molecule has 0 radical (unpaired) electrons. The van der Waals surface area contributed by atoms with Gasteiger partial charge in [0.25, 0.3) is 0 Å². The van der Waals surface area contributed by atoms with Crippen molar-refractivity contribution in [2.75, 3.05) is 6.54 Å². The van der Waals surface area contributed by atoms with E-state index in [0.29, 0.717) is 19.0 Å². The molecular formula is C20H34N6O. The lowest BCUT2D eigenvalue weighted by atomic mass is 9.94. The van der Waals surface area contributed by atoms with E-state index in [1.54, 1.807) is 6.20 Å². The Morgan fingerprint density at radius 1 is 1.19 bits per heavy atom. The normalized spacial score (nSPS) is 12.5. The summed E-state index contributed by atoms with van der Waals surface area (Å²) in [6, 6.07) is 0. The molecule has 150 valence electrons. The molecule has 7 heteroatoms. The van der Waals surface area contributed by atoms with E-state index in [2.05, 4.69) is 62.3 Å². The molecule has 0 aliphatic rings. The van der Waals surface area contributed by atoms with E-state index in [1.807, 2.05) is 11.7 Å². The van der Waals surface area contributed by atoms with Gasteiger partial charge in [0.05, 0.1) is 25.0 Å². The number of hydrogen-bond donors (Lipinski definition) is 2. The average molecular weight is 375 g/mol. The number of oxazole rings is 1. The quantitative estimate of drug-likeness (QED) is 0.575. The van der Waals surface area contributed by atoms with E-state index in [9.17, 15) is 0 Å². The summed E-state index contributed by atoms with van der Waals surface area (Å²) in [5.74, 6) is 2.30. The van der Waals surface area contributed by atoms with Gasteiger partial charge >= 0.3 is 0 Å². The zero-order valence-electron chi connectivity index (χ0n) is 17.8. The molecule has 0 spiro atoms. The first-order valence-electron chi connectivity index (χ1n) is 9.81. The molecule has 2 heterocycles. The Kier molecular flexibility index (Phi) is 7.05. The number of guanidine groups is 1. The maximum absolute atomic E-state index is 5.85. The van der Waals surface area contributed by atoms with Gasteiger partial charge in [-0.1, -0.05) is 34.6 Å². The Morgan fingerprint density at radius 2 is 1.93 bits per heavy atom. The van der Waals surface area contributed by atoms with Crippen LogP contribution >= 0.6 is 0 Å². The molecule has 0 fully saturated rings. The van der Waals surface area contributed by atoms with Gasteiger partial charge in [-0.15, -0.1) is 0 Å². The van der Waals surface area contributed by atoms with Crippen LogP contribution in [-0.2, 0) is 38.4 Å². The maximum Gasteiger partial charge on any atom is 0.213 e. The Bertz CT molecular complexity index is 766. The average Bonchev–Trinajstić information content (AvgIpc) is 3.21. The third kappa shape index (κ3) is 5.34. The summed E-state index contributed by atoms with van der Waals surface area (Å²) in [6.07, 6.45) is 3.66. The van der Waals surface area contributed by atoms with E-state index in [1.165, 1.54) is 11.3 Å². The van der Waals surface area contributed by atoms with E-state index >= 15 is 0 Å². The summed E-state index contributed by atoms with van der Waals surface area (Å²) >= 11 is 0. The zero-order valence-corrected chi connectivity index (χ0v) is 17.8. The fourth-order valence-corrected chi connectivity index (χ4v) is 2.97. The van der Waals surface area contributed by atoms with Crippen molar-refractivity contribution in [3.63, 3.8) is 0 Å². The van der Waals surface area contributed by atoms with Crippen LogP contribution in [0.1, 0.15) is 70.1 Å². The predicted molar refractivity (Wildman–Crippen MR) is 109 cm³/mol. The minimum Gasteiger partial charge on any atom is -0.443 e. The molecule has 0 amide bonds. The highest BCUT2D eigenvalue weighted by molar-refractivity contribution is 5.79. The first-order chi connectivity index (χ1) is 12.8. The molecule has 7 nitrogen and oxygen atoms in total. The van der Waals surface area contributed by atoms with Gasteiger partial charge in [-0.05, 0) is 19.8 Å². The van der Waals surface area contributed by atoms with Gasteiger partial charge in [0.15, 0.2) is 5.96 Å². The summed E-state index contributed by atoms with van der Waals surface area (Å²) in [5, 5.41) is 11.2. The summed E-state index contributed by atoms with van der Waals surface area (Å²) in [5.41, 5.74) is 3.55. The number of rotatable bonds is 7. The van der Waals surface area contributed by atoms with Crippen molar-refractivity contribution in [1.29, 1.82) is 0 Å². The summed E-state index contributed by atoms with van der Waals surface area (Å²) in [7, 11) is 2.00. The zero-order chi connectivity index (χ0) is 20.0. The van der Waals surface area contributed by atoms with Crippen molar-refractivity contribution < 1.29 is 4.42 Å². The van der Waals surface area contributed by atoms with Crippen LogP contribution in [0, 0.1) is 0 Å². The van der Waals surface area contributed by atoms with Crippen molar-refractivity contribution in [1.82, 2.24) is 25.4 Å². The topological polar surface area (TPSA) is 80.3 Å². The number of aromatic nitrogens is 3. The van der Waals surface area contributed by atoms with Gasteiger partial charge in [0.1, 0.15) is 5.76 Å². The Labute approximate surface area is 162 Å². The molecule has 0 aromatic carbocycles. The van der Waals surface area contributed by atoms with E-state index in [-0.39, 0.29) is 5.41 Å². The highest BCUT2D eigenvalue weighted by Gasteiger charge is 2.19. The fraction of sp³-hybridized carbons (Fsp3) is 0.650. The van der Waals surface area contributed by atoms with Gasteiger partial charge in [0, 0.05) is 30.3 Å². The van der Waals surface area contributed by atoms with Crippen LogP contribution in [0.25, 0.3) is 0 Å². The van der Waals surface area contributed by atoms with Crippen molar-refractivity contribution in [3.8, 4) is 0 Å². The number of nitrogens with zero attached hydrogens (tertiary/aromatic N) is 4. The summed E-state index contributed by atoms with van der Waals surface area (Å²) < 4.78 is 7.82. The number of nitrogens with one attached hydrogen (secondary N) is 2. The van der Waals surface area contributed by atoms with Gasteiger partial charge in [-0.3, -0.25) is 4.68 Å². The molecule has 0 aliphatic heterocycles. The minimum absolute atomic E-state index is 0.0444. The van der Waals surface area contributed by atoms with Crippen molar-refractivity contribution in [2.24, 2.45) is 12.0 Å². The number of aliphatic imine (C=N–C) groups is 1. The molecule has 27 heavy (non-hydrogen) atoms. The third-order valence-electron chi connectivity index (χ3n) is 4.47. The molecule has 0 saturated carbocycles. The number of hydrogen-bond acceptors (Lipinski definition) is 4. The van der Waals surface area contributed by atoms with Crippen LogP contribution in [0.2, 0.25) is 0 Å². The second-order valence-corrected chi connectivity index (χ2v) is 7.62. The highest BCUT2D eigenvalue weighted by atomic mass is 16.4. The molecule has 2 aromatic heterocycles. The van der Waals surface area contributed by atoms with Crippen molar-refractivity contribution in [3.05, 3.63) is 34.8 Å². The SMILES string of the molecule is CCNC(=NCc1c(CC)nn(C)c1CC)NCc1ncc(C(C)(C)C)o1. The molecular weight excluding hydrogens is 340 g/mol. The lowest BCUT2D eigenvalue weighted by molar-refractivity contribution is 0.379. The maximum atomic E-state index is 5.85. The molecule has 2 aromatic rings. The van der Waals surface area contributed by atoms with Gasteiger partial charge in [-0.25, -0.2) is 9.98 Å². The first kappa shape index (κ1) is 21.0. The van der Waals surface area contributed by atoms with Crippen LogP contribution in [0.3, 0.4) is 0 Å². The predicted octanol–water partition coefficient (Wildman–Crippen LogP) is 3.09. The van der Waals surface area contributed by atoms with E-state index in [0.717, 1.165) is 36.8 Å². The Morgan fingerprint density at radius 3 is 2.48 bits per heavy atom. The van der Waals surface area contributed by atoms with Crippen LogP contribution in [0.4, 0.5) is 0 Å². The summed E-state index contributed by atoms with van der Waals surface area (Å²) in [6.45, 7) is 14.6. The van der Waals surface area contributed by atoms with Crippen LogP contribution in [-0.4, -0.2) is 27.3 Å². The van der Waals surface area contributed by atoms with E-state index < -0.39 is 0 Å². The number of aryl methyl sites for hydroxylation is 2. The van der Waals surface area contributed by atoms with Crippen LogP contribution in [0.15, 0.2) is 15.6 Å². The third-order valence-corrected chi connectivity index (χ3v) is 4.47. The molecule has 2 rings (SSSR count).